The average molecular weight is 251 g/mol. The van der Waals surface area contributed by atoms with Crippen LogP contribution < -0.4 is 0 Å². The molecular weight excluding hydrogens is 232 g/mol. The van der Waals surface area contributed by atoms with Crippen molar-refractivity contribution in [1.82, 2.24) is 0 Å². The van der Waals surface area contributed by atoms with Crippen molar-refractivity contribution in [2.75, 3.05) is 11.9 Å². The Kier molecular flexibility index (Phi) is 10.00. The Balaban J connectivity index is 3.02. The highest BCUT2D eigenvalue weighted by Gasteiger charge is 1.99. The number of unbranched alkanes of at least 4 members (excludes halogenated alkanes) is 4. The van der Waals surface area contributed by atoms with E-state index >= 15 is 0 Å². The molecule has 0 spiro atoms. The maximum absolute atomic E-state index is 10.9. The van der Waals surface area contributed by atoms with E-state index in [0.717, 1.165) is 6.42 Å². The molecule has 0 bridgehead atoms. The molecule has 3 heteroatoms. The second kappa shape index (κ2) is 10.0. The van der Waals surface area contributed by atoms with E-state index in [0.29, 0.717) is 18.4 Å². The standard InChI is InChI=1S/C10H19BrO2/c1-2-3-4-5-6-9-13-10(12)7-8-11/h2-9H2,1H3. The van der Waals surface area contributed by atoms with Crippen LogP contribution in [0.2, 0.25) is 0 Å². The van der Waals surface area contributed by atoms with E-state index in [-0.39, 0.29) is 5.97 Å². The molecule has 13 heavy (non-hydrogen) atoms. The van der Waals surface area contributed by atoms with Crippen molar-refractivity contribution in [2.24, 2.45) is 0 Å². The summed E-state index contributed by atoms with van der Waals surface area (Å²) in [7, 11) is 0. The van der Waals surface area contributed by atoms with Gasteiger partial charge in [0.25, 0.3) is 0 Å². The first-order valence-corrected chi connectivity index (χ1v) is 6.15. The molecule has 0 aromatic rings. The summed E-state index contributed by atoms with van der Waals surface area (Å²) < 4.78 is 4.99. The monoisotopic (exact) mass is 250 g/mol. The van der Waals surface area contributed by atoms with Crippen LogP contribution in [0.4, 0.5) is 0 Å². The number of esters is 1. The first-order chi connectivity index (χ1) is 6.31. The Hall–Kier alpha value is -0.0500. The highest BCUT2D eigenvalue weighted by atomic mass is 79.9. The molecule has 0 fully saturated rings. The normalized spacial score (nSPS) is 10.0. The van der Waals surface area contributed by atoms with Crippen molar-refractivity contribution in [1.29, 1.82) is 0 Å². The van der Waals surface area contributed by atoms with Crippen LogP contribution in [0.25, 0.3) is 0 Å². The van der Waals surface area contributed by atoms with Crippen LogP contribution in [0.15, 0.2) is 0 Å². The van der Waals surface area contributed by atoms with Crippen LogP contribution in [-0.4, -0.2) is 17.9 Å². The summed E-state index contributed by atoms with van der Waals surface area (Å²) in [4.78, 5) is 10.9. The molecule has 78 valence electrons. The van der Waals surface area contributed by atoms with Gasteiger partial charge in [-0.25, -0.2) is 0 Å². The van der Waals surface area contributed by atoms with Crippen LogP contribution in [0, 0.1) is 0 Å². The van der Waals surface area contributed by atoms with Gasteiger partial charge in [-0.2, -0.15) is 0 Å². The van der Waals surface area contributed by atoms with Gasteiger partial charge in [0.05, 0.1) is 13.0 Å². The van der Waals surface area contributed by atoms with Crippen molar-refractivity contribution in [3.8, 4) is 0 Å². The average Bonchev–Trinajstić information content (AvgIpc) is 2.11. The van der Waals surface area contributed by atoms with Gasteiger partial charge in [0.2, 0.25) is 0 Å². The molecule has 0 amide bonds. The summed E-state index contributed by atoms with van der Waals surface area (Å²) in [5.74, 6) is -0.0904. The van der Waals surface area contributed by atoms with E-state index in [1.807, 2.05) is 0 Å². The summed E-state index contributed by atoms with van der Waals surface area (Å²) in [6.45, 7) is 2.78. The van der Waals surface area contributed by atoms with Crippen molar-refractivity contribution in [3.05, 3.63) is 0 Å². The zero-order valence-electron chi connectivity index (χ0n) is 8.35. The van der Waals surface area contributed by atoms with E-state index in [1.54, 1.807) is 0 Å². The minimum absolute atomic E-state index is 0.0904. The SMILES string of the molecule is CCCCCCCOC(=O)CCBr. The number of hydrogen-bond donors (Lipinski definition) is 0. The predicted octanol–water partition coefficient (Wildman–Crippen LogP) is 3.29. The lowest BCUT2D eigenvalue weighted by Crippen LogP contribution is -2.05. The Morgan fingerprint density at radius 3 is 2.54 bits per heavy atom. The lowest BCUT2D eigenvalue weighted by Gasteiger charge is -2.02. The Labute approximate surface area is 89.2 Å². The molecule has 0 aromatic heterocycles. The summed E-state index contributed by atoms with van der Waals surface area (Å²) in [6.07, 6.45) is 6.46. The summed E-state index contributed by atoms with van der Waals surface area (Å²) in [6, 6.07) is 0. The van der Waals surface area contributed by atoms with Crippen LogP contribution in [0.3, 0.4) is 0 Å². The fourth-order valence-electron chi connectivity index (χ4n) is 1.04. The third kappa shape index (κ3) is 9.87. The van der Waals surface area contributed by atoms with Crippen LogP contribution >= 0.6 is 15.9 Å². The molecule has 0 N–H and O–H groups in total. The van der Waals surface area contributed by atoms with E-state index < -0.39 is 0 Å². The van der Waals surface area contributed by atoms with Gasteiger partial charge in [0.15, 0.2) is 0 Å². The number of carbonyl (C=O) groups excluding carboxylic acids is 1. The van der Waals surface area contributed by atoms with Gasteiger partial charge >= 0.3 is 5.97 Å². The van der Waals surface area contributed by atoms with E-state index in [9.17, 15) is 4.79 Å². The van der Waals surface area contributed by atoms with Gasteiger partial charge in [-0.15, -0.1) is 0 Å². The number of ether oxygens (including phenoxy) is 1. The molecule has 0 radical (unpaired) electrons. The zero-order chi connectivity index (χ0) is 9.94. The maximum atomic E-state index is 10.9. The third-order valence-corrected chi connectivity index (χ3v) is 2.21. The van der Waals surface area contributed by atoms with Gasteiger partial charge in [-0.1, -0.05) is 48.5 Å². The quantitative estimate of drug-likeness (QED) is 0.376. The minimum atomic E-state index is -0.0904. The fraction of sp³-hybridized carbons (Fsp3) is 0.900. The zero-order valence-corrected chi connectivity index (χ0v) is 9.94. The van der Waals surface area contributed by atoms with Gasteiger partial charge in [0, 0.05) is 5.33 Å². The molecule has 0 unspecified atom stereocenters. The molecule has 0 atom stereocenters. The summed E-state index contributed by atoms with van der Waals surface area (Å²) in [5.41, 5.74) is 0. The molecule has 0 aliphatic carbocycles. The first kappa shape index (κ1) is 12.9. The van der Waals surface area contributed by atoms with Crippen molar-refractivity contribution in [3.63, 3.8) is 0 Å². The van der Waals surface area contributed by atoms with Crippen LogP contribution in [0.5, 0.6) is 0 Å². The van der Waals surface area contributed by atoms with E-state index in [1.165, 1.54) is 25.7 Å². The van der Waals surface area contributed by atoms with Gasteiger partial charge < -0.3 is 4.74 Å². The number of alkyl halides is 1. The van der Waals surface area contributed by atoms with Gasteiger partial charge in [-0.05, 0) is 6.42 Å². The van der Waals surface area contributed by atoms with E-state index in [2.05, 4.69) is 22.9 Å². The molecule has 2 nitrogen and oxygen atoms in total. The molecule has 0 heterocycles. The highest BCUT2D eigenvalue weighted by molar-refractivity contribution is 9.09. The molecule has 0 saturated heterocycles. The Morgan fingerprint density at radius 2 is 1.92 bits per heavy atom. The minimum Gasteiger partial charge on any atom is -0.466 e. The Bertz CT molecular complexity index is 126. The predicted molar refractivity (Wildman–Crippen MR) is 58.1 cm³/mol. The second-order valence-corrected chi connectivity index (χ2v) is 3.87. The molecule has 0 aliphatic rings. The van der Waals surface area contributed by atoms with Gasteiger partial charge in [0.1, 0.15) is 0 Å². The van der Waals surface area contributed by atoms with E-state index in [4.69, 9.17) is 4.74 Å². The highest BCUT2D eigenvalue weighted by Crippen LogP contribution is 2.02. The fourth-order valence-corrected chi connectivity index (χ4v) is 1.36. The molecular formula is C10H19BrO2. The number of carbonyl (C=O) groups is 1. The molecule has 0 aromatic carbocycles. The topological polar surface area (TPSA) is 26.3 Å². The number of hydrogen-bond acceptors (Lipinski definition) is 2. The Morgan fingerprint density at radius 1 is 1.23 bits per heavy atom. The van der Waals surface area contributed by atoms with Crippen LogP contribution in [-0.2, 0) is 9.53 Å². The maximum Gasteiger partial charge on any atom is 0.306 e. The van der Waals surface area contributed by atoms with Crippen molar-refractivity contribution < 1.29 is 9.53 Å². The third-order valence-electron chi connectivity index (χ3n) is 1.81. The second-order valence-electron chi connectivity index (χ2n) is 3.07. The van der Waals surface area contributed by atoms with Gasteiger partial charge in [-0.3, -0.25) is 4.79 Å². The molecule has 0 aliphatic heterocycles. The molecule has 0 saturated carbocycles. The number of rotatable bonds is 8. The van der Waals surface area contributed by atoms with Crippen molar-refractivity contribution >= 4 is 21.9 Å². The largest absolute Gasteiger partial charge is 0.466 e. The number of halogens is 1. The smallest absolute Gasteiger partial charge is 0.306 e. The first-order valence-electron chi connectivity index (χ1n) is 5.02. The molecule has 0 rings (SSSR count). The lowest BCUT2D eigenvalue weighted by molar-refractivity contribution is -0.143. The summed E-state index contributed by atoms with van der Waals surface area (Å²) in [5, 5.41) is 0.696. The van der Waals surface area contributed by atoms with Crippen LogP contribution in [0.1, 0.15) is 45.4 Å². The van der Waals surface area contributed by atoms with Crippen molar-refractivity contribution in [2.45, 2.75) is 45.4 Å². The lowest BCUT2D eigenvalue weighted by atomic mass is 10.2. The summed E-state index contributed by atoms with van der Waals surface area (Å²) >= 11 is 3.19.